The van der Waals surface area contributed by atoms with E-state index in [1.54, 1.807) is 41.8 Å². The van der Waals surface area contributed by atoms with Gasteiger partial charge in [-0.25, -0.2) is 0 Å². The summed E-state index contributed by atoms with van der Waals surface area (Å²) in [6, 6.07) is 8.72. The van der Waals surface area contributed by atoms with Gasteiger partial charge in [0, 0.05) is 18.1 Å². The van der Waals surface area contributed by atoms with Gasteiger partial charge in [-0.2, -0.15) is 0 Å². The lowest BCUT2D eigenvalue weighted by Crippen LogP contribution is -2.14. The summed E-state index contributed by atoms with van der Waals surface area (Å²) in [6.45, 7) is 2.01. The van der Waals surface area contributed by atoms with Crippen LogP contribution in [0.25, 0.3) is 0 Å². The average molecular weight is 394 g/mol. The van der Waals surface area contributed by atoms with E-state index in [4.69, 9.17) is 20.9 Å². The summed E-state index contributed by atoms with van der Waals surface area (Å²) in [7, 11) is 1.82. The van der Waals surface area contributed by atoms with Crippen molar-refractivity contribution < 1.29 is 14.1 Å². The minimum atomic E-state index is -0.203. The number of amides is 1. The number of aryl methyl sites for hydroxylation is 1. The molecule has 8 nitrogen and oxygen atoms in total. The number of aromatic nitrogens is 4. The number of carbonyl (C=O) groups excluding carboxylic acids is 1. The first-order chi connectivity index (χ1) is 12.5. The molecule has 0 radical (unpaired) electrons. The normalized spacial score (nSPS) is 10.7. The van der Waals surface area contributed by atoms with E-state index < -0.39 is 0 Å². The fourth-order valence-corrected chi connectivity index (χ4v) is 2.87. The number of rotatable bonds is 7. The van der Waals surface area contributed by atoms with E-state index in [1.165, 1.54) is 11.8 Å². The third-order valence-corrected chi connectivity index (χ3v) is 4.61. The van der Waals surface area contributed by atoms with Gasteiger partial charge in [0.05, 0.1) is 5.75 Å². The fourth-order valence-electron chi connectivity index (χ4n) is 2.01. The lowest BCUT2D eigenvalue weighted by molar-refractivity contribution is -0.113. The summed E-state index contributed by atoms with van der Waals surface area (Å²) >= 11 is 7.11. The van der Waals surface area contributed by atoms with Crippen LogP contribution in [0.4, 0.5) is 5.82 Å². The highest BCUT2D eigenvalue weighted by atomic mass is 35.5. The molecule has 1 aromatic carbocycles. The van der Waals surface area contributed by atoms with Gasteiger partial charge >= 0.3 is 0 Å². The van der Waals surface area contributed by atoms with Crippen LogP contribution < -0.4 is 10.1 Å². The first-order valence-electron chi connectivity index (χ1n) is 7.64. The number of ether oxygens (including phenoxy) is 1. The van der Waals surface area contributed by atoms with Crippen molar-refractivity contribution in [1.82, 2.24) is 19.9 Å². The van der Waals surface area contributed by atoms with E-state index in [9.17, 15) is 4.79 Å². The number of carbonyl (C=O) groups is 1. The maximum absolute atomic E-state index is 11.9. The summed E-state index contributed by atoms with van der Waals surface area (Å²) in [5, 5.41) is 15.8. The lowest BCUT2D eigenvalue weighted by atomic mass is 10.3. The van der Waals surface area contributed by atoms with E-state index in [0.29, 0.717) is 33.3 Å². The molecule has 0 spiro atoms. The highest BCUT2D eigenvalue weighted by Crippen LogP contribution is 2.19. The Morgan fingerprint density at radius 3 is 2.81 bits per heavy atom. The average Bonchev–Trinajstić information content (AvgIpc) is 3.18. The van der Waals surface area contributed by atoms with Gasteiger partial charge in [-0.3, -0.25) is 4.79 Å². The van der Waals surface area contributed by atoms with Crippen LogP contribution in [-0.2, 0) is 18.4 Å². The molecule has 3 rings (SSSR count). The van der Waals surface area contributed by atoms with Gasteiger partial charge in [-0.15, -0.1) is 10.2 Å². The second kappa shape index (κ2) is 8.24. The number of benzene rings is 1. The van der Waals surface area contributed by atoms with E-state index in [2.05, 4.69) is 20.7 Å². The second-order valence-corrected chi connectivity index (χ2v) is 6.74. The summed E-state index contributed by atoms with van der Waals surface area (Å²) < 4.78 is 12.3. The Morgan fingerprint density at radius 2 is 2.12 bits per heavy atom. The van der Waals surface area contributed by atoms with Crippen LogP contribution in [0.1, 0.15) is 11.6 Å². The van der Waals surface area contributed by atoms with Gasteiger partial charge in [0.25, 0.3) is 0 Å². The fraction of sp³-hybridized carbons (Fsp3) is 0.250. The molecule has 1 amide bonds. The summed E-state index contributed by atoms with van der Waals surface area (Å²) in [5.41, 5.74) is 0. The predicted octanol–water partition coefficient (Wildman–Crippen LogP) is 3.07. The Bertz CT molecular complexity index is 894. The van der Waals surface area contributed by atoms with Crippen molar-refractivity contribution in [2.45, 2.75) is 18.7 Å². The number of nitrogens with zero attached hydrogens (tertiary/aromatic N) is 4. The van der Waals surface area contributed by atoms with E-state index in [1.807, 2.05) is 7.05 Å². The number of anilines is 1. The molecule has 1 N–H and O–H groups in total. The molecule has 0 unspecified atom stereocenters. The molecule has 0 aliphatic carbocycles. The molecule has 10 heteroatoms. The maximum atomic E-state index is 11.9. The lowest BCUT2D eigenvalue weighted by Gasteiger charge is -2.06. The summed E-state index contributed by atoms with van der Waals surface area (Å²) in [5.74, 6) is 2.33. The zero-order valence-corrected chi connectivity index (χ0v) is 15.7. The van der Waals surface area contributed by atoms with Crippen LogP contribution in [-0.4, -0.2) is 31.6 Å². The second-order valence-electron chi connectivity index (χ2n) is 5.36. The van der Waals surface area contributed by atoms with Crippen LogP contribution in [0.3, 0.4) is 0 Å². The molecular formula is C16H16ClN5O3S. The SMILES string of the molecule is Cc1cc(NC(=O)CSc2nnc(COc3ccc(Cl)cc3)n2C)no1. The predicted molar refractivity (Wildman–Crippen MR) is 97.4 cm³/mol. The Labute approximate surface area is 158 Å². The van der Waals surface area contributed by atoms with Crippen molar-refractivity contribution >= 4 is 35.1 Å². The Morgan fingerprint density at radius 1 is 1.35 bits per heavy atom. The van der Waals surface area contributed by atoms with Crippen molar-refractivity contribution in [2.75, 3.05) is 11.1 Å². The van der Waals surface area contributed by atoms with Crippen LogP contribution >= 0.6 is 23.4 Å². The Kier molecular flexibility index (Phi) is 5.79. The molecule has 136 valence electrons. The minimum absolute atomic E-state index is 0.177. The van der Waals surface area contributed by atoms with Crippen LogP contribution in [0, 0.1) is 6.92 Å². The zero-order valence-electron chi connectivity index (χ0n) is 14.1. The van der Waals surface area contributed by atoms with Crippen LogP contribution in [0.15, 0.2) is 40.0 Å². The van der Waals surface area contributed by atoms with Gasteiger partial charge in [0.1, 0.15) is 18.1 Å². The molecule has 0 fully saturated rings. The first kappa shape index (κ1) is 18.3. The van der Waals surface area contributed by atoms with Gasteiger partial charge < -0.3 is 19.1 Å². The molecule has 0 aliphatic rings. The van der Waals surface area contributed by atoms with Gasteiger partial charge in [0.2, 0.25) is 5.91 Å². The molecule has 3 aromatic rings. The number of thioether (sulfide) groups is 1. The topological polar surface area (TPSA) is 95.1 Å². The van der Waals surface area contributed by atoms with Crippen molar-refractivity contribution in [3.63, 3.8) is 0 Å². The minimum Gasteiger partial charge on any atom is -0.486 e. The number of halogens is 1. The van der Waals surface area contributed by atoms with Crippen molar-refractivity contribution in [1.29, 1.82) is 0 Å². The standard InChI is InChI=1S/C16H16ClN5O3S/c1-10-7-13(21-25-10)18-15(23)9-26-16-20-19-14(22(16)2)8-24-12-5-3-11(17)4-6-12/h3-7H,8-9H2,1-2H3,(H,18,21,23). The molecule has 0 aliphatic heterocycles. The smallest absolute Gasteiger partial charge is 0.236 e. The number of nitrogens with one attached hydrogen (secondary N) is 1. The van der Waals surface area contributed by atoms with E-state index >= 15 is 0 Å². The Balaban J connectivity index is 1.51. The molecular weight excluding hydrogens is 378 g/mol. The molecule has 26 heavy (non-hydrogen) atoms. The zero-order chi connectivity index (χ0) is 18.5. The first-order valence-corrected chi connectivity index (χ1v) is 9.00. The highest BCUT2D eigenvalue weighted by molar-refractivity contribution is 7.99. The van der Waals surface area contributed by atoms with E-state index in [0.717, 1.165) is 0 Å². The molecule has 2 aromatic heterocycles. The third kappa shape index (κ3) is 4.77. The maximum Gasteiger partial charge on any atom is 0.236 e. The largest absolute Gasteiger partial charge is 0.486 e. The number of hydrogen-bond acceptors (Lipinski definition) is 7. The molecule has 0 atom stereocenters. The molecule has 2 heterocycles. The molecule has 0 saturated carbocycles. The van der Waals surface area contributed by atoms with Gasteiger partial charge in [-0.1, -0.05) is 28.5 Å². The number of hydrogen-bond donors (Lipinski definition) is 1. The quantitative estimate of drug-likeness (QED) is 0.616. The molecule has 0 bridgehead atoms. The summed E-state index contributed by atoms with van der Waals surface area (Å²) in [4.78, 5) is 11.9. The monoisotopic (exact) mass is 393 g/mol. The van der Waals surface area contributed by atoms with Crippen LogP contribution in [0.5, 0.6) is 5.75 Å². The Hall–Kier alpha value is -2.52. The van der Waals surface area contributed by atoms with Crippen LogP contribution in [0.2, 0.25) is 5.02 Å². The third-order valence-electron chi connectivity index (χ3n) is 3.33. The van der Waals surface area contributed by atoms with Crippen molar-refractivity contribution in [2.24, 2.45) is 7.05 Å². The van der Waals surface area contributed by atoms with E-state index in [-0.39, 0.29) is 18.3 Å². The van der Waals surface area contributed by atoms with Crippen molar-refractivity contribution in [3.05, 3.63) is 46.9 Å². The summed E-state index contributed by atoms with van der Waals surface area (Å²) in [6.07, 6.45) is 0. The van der Waals surface area contributed by atoms with Crippen molar-refractivity contribution in [3.8, 4) is 5.75 Å². The molecule has 0 saturated heterocycles. The highest BCUT2D eigenvalue weighted by Gasteiger charge is 2.13. The van der Waals surface area contributed by atoms with Gasteiger partial charge in [-0.05, 0) is 31.2 Å². The van der Waals surface area contributed by atoms with Gasteiger partial charge in [0.15, 0.2) is 16.8 Å².